The number of aliphatic hydroxyl groups excluding tert-OH is 1. The maximum absolute atomic E-state index is 13.7. The van der Waals surface area contributed by atoms with Crippen LogP contribution in [0.3, 0.4) is 0 Å². The van der Waals surface area contributed by atoms with Gasteiger partial charge in [0.2, 0.25) is 0 Å². The molecule has 0 aliphatic carbocycles. The Bertz CT molecular complexity index is 553. The number of benzene rings is 1. The van der Waals surface area contributed by atoms with Gasteiger partial charge in [0.15, 0.2) is 0 Å². The first-order chi connectivity index (χ1) is 10.1. The quantitative estimate of drug-likeness (QED) is 0.835. The fourth-order valence-corrected chi connectivity index (χ4v) is 1.65. The number of halogens is 1. The van der Waals surface area contributed by atoms with Gasteiger partial charge in [-0.05, 0) is 39.0 Å². The van der Waals surface area contributed by atoms with Crippen molar-refractivity contribution in [3.8, 4) is 0 Å². The van der Waals surface area contributed by atoms with Crippen LogP contribution in [0.1, 0.15) is 38.9 Å². The highest BCUT2D eigenvalue weighted by Crippen LogP contribution is 2.24. The molecule has 1 atom stereocenters. The van der Waals surface area contributed by atoms with Crippen LogP contribution < -0.4 is 5.32 Å². The number of rotatable bonds is 4. The molecule has 0 radical (unpaired) electrons. The zero-order valence-electron chi connectivity index (χ0n) is 13.0. The zero-order valence-corrected chi connectivity index (χ0v) is 13.0. The number of carbonyl (C=O) groups excluding carboxylic acids is 2. The number of aliphatic hydroxyl groups is 1. The molecule has 0 heterocycles. The first-order valence-electron chi connectivity index (χ1n) is 6.66. The maximum atomic E-state index is 13.7. The predicted molar refractivity (Wildman–Crippen MR) is 77.8 cm³/mol. The highest BCUT2D eigenvalue weighted by Gasteiger charge is 2.20. The third-order valence-corrected chi connectivity index (χ3v) is 2.59. The highest BCUT2D eigenvalue weighted by molar-refractivity contribution is 5.85. The van der Waals surface area contributed by atoms with Gasteiger partial charge in [-0.2, -0.15) is 0 Å². The summed E-state index contributed by atoms with van der Waals surface area (Å²) in [5, 5.41) is 12.3. The van der Waals surface area contributed by atoms with Gasteiger partial charge >= 0.3 is 12.1 Å². The number of methoxy groups -OCH3 is 1. The third-order valence-electron chi connectivity index (χ3n) is 2.59. The molecule has 0 saturated carbocycles. The van der Waals surface area contributed by atoms with Gasteiger partial charge in [-0.25, -0.2) is 9.18 Å². The van der Waals surface area contributed by atoms with Gasteiger partial charge in [0.05, 0.1) is 19.6 Å². The molecule has 0 bridgehead atoms. The van der Waals surface area contributed by atoms with Gasteiger partial charge in [-0.15, -0.1) is 0 Å². The summed E-state index contributed by atoms with van der Waals surface area (Å²) in [7, 11) is 1.17. The van der Waals surface area contributed by atoms with E-state index >= 15 is 0 Å². The lowest BCUT2D eigenvalue weighted by Gasteiger charge is -2.20. The van der Waals surface area contributed by atoms with E-state index in [1.807, 2.05) is 0 Å². The first-order valence-corrected chi connectivity index (χ1v) is 6.66. The Labute approximate surface area is 128 Å². The van der Waals surface area contributed by atoms with E-state index in [1.54, 1.807) is 20.8 Å². The van der Waals surface area contributed by atoms with Gasteiger partial charge in [-0.1, -0.05) is 0 Å². The Hall–Kier alpha value is -2.15. The Morgan fingerprint density at radius 1 is 1.36 bits per heavy atom. The van der Waals surface area contributed by atoms with Gasteiger partial charge in [-0.3, -0.25) is 10.1 Å². The van der Waals surface area contributed by atoms with Crippen molar-refractivity contribution < 1.29 is 28.6 Å². The van der Waals surface area contributed by atoms with Crippen molar-refractivity contribution in [3.05, 3.63) is 29.6 Å². The molecule has 0 spiro atoms. The molecule has 0 aromatic heterocycles. The molecule has 1 aromatic rings. The molecule has 0 saturated heterocycles. The topological polar surface area (TPSA) is 84.9 Å². The van der Waals surface area contributed by atoms with E-state index in [4.69, 9.17) is 4.74 Å². The van der Waals surface area contributed by atoms with Crippen molar-refractivity contribution in [1.29, 1.82) is 0 Å². The molecule has 7 heteroatoms. The Morgan fingerprint density at radius 2 is 2.00 bits per heavy atom. The normalized spacial score (nSPS) is 12.5. The minimum absolute atomic E-state index is 0.112. The molecular formula is C15H20FNO5. The fourth-order valence-electron chi connectivity index (χ4n) is 1.65. The molecule has 1 rings (SSSR count). The van der Waals surface area contributed by atoms with Crippen LogP contribution in [0.2, 0.25) is 0 Å². The number of hydrogen-bond donors (Lipinski definition) is 2. The minimum atomic E-state index is -1.37. The van der Waals surface area contributed by atoms with Crippen molar-refractivity contribution in [2.24, 2.45) is 0 Å². The van der Waals surface area contributed by atoms with E-state index in [1.165, 1.54) is 19.2 Å². The van der Waals surface area contributed by atoms with Crippen LogP contribution in [-0.4, -0.2) is 29.9 Å². The average Bonchev–Trinajstić information content (AvgIpc) is 2.38. The second-order valence-corrected chi connectivity index (χ2v) is 5.66. The van der Waals surface area contributed by atoms with E-state index in [0.29, 0.717) is 0 Å². The monoisotopic (exact) mass is 313 g/mol. The highest BCUT2D eigenvalue weighted by atomic mass is 19.1. The number of nitrogens with one attached hydrogen (secondary N) is 1. The fraction of sp³-hybridized carbons (Fsp3) is 0.467. The number of carbonyl (C=O) groups is 2. The van der Waals surface area contributed by atoms with Gasteiger partial charge in [0, 0.05) is 11.3 Å². The standard InChI is InChI=1S/C15H20FNO5/c1-15(2,3)22-14(20)17-9-5-6-11(16)10(7-9)12(18)8-13(19)21-4/h5-7,12,18H,8H2,1-4H3,(H,17,20)/t12-/m1/s1. The summed E-state index contributed by atoms with van der Waals surface area (Å²) in [5.74, 6) is -1.36. The lowest BCUT2D eigenvalue weighted by molar-refractivity contribution is -0.142. The van der Waals surface area contributed by atoms with Crippen LogP contribution in [-0.2, 0) is 14.3 Å². The predicted octanol–water partition coefficient (Wildman–Crippen LogP) is 2.77. The number of amides is 1. The van der Waals surface area contributed by atoms with Crippen LogP contribution in [0.25, 0.3) is 0 Å². The van der Waals surface area contributed by atoms with E-state index in [0.717, 1.165) is 6.07 Å². The molecule has 2 N–H and O–H groups in total. The molecule has 0 fully saturated rings. The average molecular weight is 313 g/mol. The maximum Gasteiger partial charge on any atom is 0.412 e. The van der Waals surface area contributed by atoms with Crippen molar-refractivity contribution >= 4 is 17.7 Å². The SMILES string of the molecule is COC(=O)C[C@@H](O)c1cc(NC(=O)OC(C)(C)C)ccc1F. The Kier molecular flexibility index (Phi) is 5.87. The summed E-state index contributed by atoms with van der Waals surface area (Å²) in [4.78, 5) is 22.8. The van der Waals surface area contributed by atoms with E-state index in [9.17, 15) is 19.1 Å². The van der Waals surface area contributed by atoms with Crippen LogP contribution in [0.15, 0.2) is 18.2 Å². The van der Waals surface area contributed by atoms with E-state index < -0.39 is 29.6 Å². The van der Waals surface area contributed by atoms with Gasteiger partial charge in [0.25, 0.3) is 0 Å². The van der Waals surface area contributed by atoms with Crippen molar-refractivity contribution in [1.82, 2.24) is 0 Å². The number of hydrogen-bond acceptors (Lipinski definition) is 5. The lowest BCUT2D eigenvalue weighted by Crippen LogP contribution is -2.27. The summed E-state index contributed by atoms with van der Waals surface area (Å²) in [5.41, 5.74) is -0.536. The number of ether oxygens (including phenoxy) is 2. The van der Waals surface area contributed by atoms with Crippen LogP contribution >= 0.6 is 0 Å². The van der Waals surface area contributed by atoms with Gasteiger partial charge < -0.3 is 14.6 Å². The van der Waals surface area contributed by atoms with Crippen LogP contribution in [0.5, 0.6) is 0 Å². The summed E-state index contributed by atoms with van der Waals surface area (Å²) < 4.78 is 23.2. The molecular weight excluding hydrogens is 293 g/mol. The molecule has 22 heavy (non-hydrogen) atoms. The van der Waals surface area contributed by atoms with Crippen molar-refractivity contribution in [2.45, 2.75) is 38.9 Å². The second kappa shape index (κ2) is 7.22. The molecule has 6 nitrogen and oxygen atoms in total. The minimum Gasteiger partial charge on any atom is -0.469 e. The Morgan fingerprint density at radius 3 is 2.55 bits per heavy atom. The summed E-state index contributed by atoms with van der Waals surface area (Å²) >= 11 is 0. The summed E-state index contributed by atoms with van der Waals surface area (Å²) in [6.07, 6.45) is -2.45. The van der Waals surface area contributed by atoms with Crippen LogP contribution in [0.4, 0.5) is 14.9 Å². The smallest absolute Gasteiger partial charge is 0.412 e. The molecule has 122 valence electrons. The molecule has 0 aliphatic heterocycles. The third kappa shape index (κ3) is 5.69. The second-order valence-electron chi connectivity index (χ2n) is 5.66. The van der Waals surface area contributed by atoms with Crippen LogP contribution in [0, 0.1) is 5.82 Å². The summed E-state index contributed by atoms with van der Waals surface area (Å²) in [6, 6.07) is 3.66. The van der Waals surface area contributed by atoms with Gasteiger partial charge in [0.1, 0.15) is 11.4 Å². The lowest BCUT2D eigenvalue weighted by atomic mass is 10.1. The van der Waals surface area contributed by atoms with E-state index in [-0.39, 0.29) is 17.7 Å². The Balaban J connectivity index is 2.85. The van der Waals surface area contributed by atoms with Crippen molar-refractivity contribution in [2.75, 3.05) is 12.4 Å². The summed E-state index contributed by atoms with van der Waals surface area (Å²) in [6.45, 7) is 5.13. The molecule has 1 aromatic carbocycles. The number of esters is 1. The number of anilines is 1. The molecule has 0 unspecified atom stereocenters. The first kappa shape index (κ1) is 17.9. The van der Waals surface area contributed by atoms with E-state index in [2.05, 4.69) is 10.1 Å². The largest absolute Gasteiger partial charge is 0.469 e. The van der Waals surface area contributed by atoms with Crippen molar-refractivity contribution in [3.63, 3.8) is 0 Å². The zero-order chi connectivity index (χ0) is 16.9. The molecule has 0 aliphatic rings. The molecule has 1 amide bonds.